The maximum atomic E-state index is 12.8. The van der Waals surface area contributed by atoms with Crippen LogP contribution in [0.25, 0.3) is 11.3 Å². The molecular formula is C22H20ClN3O2S. The molecule has 1 saturated heterocycles. The van der Waals surface area contributed by atoms with Gasteiger partial charge in [0.15, 0.2) is 5.13 Å². The highest BCUT2D eigenvalue weighted by molar-refractivity contribution is 7.16. The minimum Gasteiger partial charge on any atom is -0.312 e. The molecule has 1 aromatic heterocycles. The van der Waals surface area contributed by atoms with Crippen molar-refractivity contribution in [3.8, 4) is 11.3 Å². The highest BCUT2D eigenvalue weighted by atomic mass is 35.5. The monoisotopic (exact) mass is 425 g/mol. The molecule has 29 heavy (non-hydrogen) atoms. The molecule has 2 aromatic carbocycles. The van der Waals surface area contributed by atoms with Gasteiger partial charge in [-0.3, -0.25) is 9.59 Å². The quantitative estimate of drug-likeness (QED) is 0.624. The number of hydrogen-bond acceptors (Lipinski definition) is 4. The summed E-state index contributed by atoms with van der Waals surface area (Å²) in [6.45, 7) is 2.43. The lowest BCUT2D eigenvalue weighted by atomic mass is 10.1. The molecule has 1 aliphatic heterocycles. The largest absolute Gasteiger partial charge is 0.312 e. The molecule has 7 heteroatoms. The van der Waals surface area contributed by atoms with Gasteiger partial charge >= 0.3 is 0 Å². The predicted octanol–water partition coefficient (Wildman–Crippen LogP) is 5.02. The summed E-state index contributed by atoms with van der Waals surface area (Å²) in [7, 11) is 0. The summed E-state index contributed by atoms with van der Waals surface area (Å²) in [4.78, 5) is 32.6. The molecule has 4 rings (SSSR count). The Morgan fingerprint density at radius 3 is 2.62 bits per heavy atom. The average Bonchev–Trinajstić information content (AvgIpc) is 3.33. The first-order chi connectivity index (χ1) is 14.0. The molecule has 0 spiro atoms. The lowest BCUT2D eigenvalue weighted by molar-refractivity contribution is -0.122. The number of nitrogens with one attached hydrogen (secondary N) is 1. The van der Waals surface area contributed by atoms with Crippen LogP contribution in [0.3, 0.4) is 0 Å². The van der Waals surface area contributed by atoms with Crippen LogP contribution in [-0.4, -0.2) is 23.3 Å². The van der Waals surface area contributed by atoms with Crippen molar-refractivity contribution in [1.29, 1.82) is 0 Å². The molecule has 5 nitrogen and oxygen atoms in total. The number of benzene rings is 2. The summed E-state index contributed by atoms with van der Waals surface area (Å²) in [5.74, 6) is -0.649. The van der Waals surface area contributed by atoms with Crippen molar-refractivity contribution in [3.63, 3.8) is 0 Å². The Morgan fingerprint density at radius 2 is 1.93 bits per heavy atom. The minimum atomic E-state index is -0.410. The third-order valence-corrected chi connectivity index (χ3v) is 6.30. The normalized spacial score (nSPS) is 16.3. The number of amides is 2. The number of aryl methyl sites for hydroxylation is 1. The van der Waals surface area contributed by atoms with Crippen LogP contribution in [0.2, 0.25) is 5.02 Å². The SMILES string of the molecule is CCc1sc(NC(=O)C2CC(=O)N(c3ccc(Cl)cc3)C2)nc1-c1ccccc1. The van der Waals surface area contributed by atoms with Crippen molar-refractivity contribution in [2.75, 3.05) is 16.8 Å². The van der Waals surface area contributed by atoms with Crippen molar-refractivity contribution in [2.24, 2.45) is 5.92 Å². The van der Waals surface area contributed by atoms with Crippen LogP contribution in [0.1, 0.15) is 18.2 Å². The number of carbonyl (C=O) groups excluding carboxylic acids is 2. The van der Waals surface area contributed by atoms with E-state index in [2.05, 4.69) is 17.2 Å². The summed E-state index contributed by atoms with van der Waals surface area (Å²) in [6, 6.07) is 17.0. The van der Waals surface area contributed by atoms with Crippen LogP contribution in [0, 0.1) is 5.92 Å². The van der Waals surface area contributed by atoms with Gasteiger partial charge in [0, 0.05) is 34.1 Å². The predicted molar refractivity (Wildman–Crippen MR) is 117 cm³/mol. The van der Waals surface area contributed by atoms with E-state index in [0.29, 0.717) is 16.7 Å². The Kier molecular flexibility index (Phi) is 5.65. The van der Waals surface area contributed by atoms with Gasteiger partial charge in [0.2, 0.25) is 11.8 Å². The first-order valence-corrected chi connectivity index (χ1v) is 10.7. The van der Waals surface area contributed by atoms with E-state index in [4.69, 9.17) is 11.6 Å². The highest BCUT2D eigenvalue weighted by Gasteiger charge is 2.35. The number of carbonyl (C=O) groups is 2. The summed E-state index contributed by atoms with van der Waals surface area (Å²) in [5, 5.41) is 4.10. The van der Waals surface area contributed by atoms with E-state index in [9.17, 15) is 9.59 Å². The maximum absolute atomic E-state index is 12.8. The van der Waals surface area contributed by atoms with Gasteiger partial charge in [0.05, 0.1) is 11.6 Å². The van der Waals surface area contributed by atoms with Crippen LogP contribution < -0.4 is 10.2 Å². The fourth-order valence-electron chi connectivity index (χ4n) is 3.43. The van der Waals surface area contributed by atoms with Crippen molar-refractivity contribution < 1.29 is 9.59 Å². The molecule has 0 radical (unpaired) electrons. The molecule has 2 heterocycles. The minimum absolute atomic E-state index is 0.0640. The van der Waals surface area contributed by atoms with E-state index in [1.807, 2.05) is 30.3 Å². The number of thiazole rings is 1. The summed E-state index contributed by atoms with van der Waals surface area (Å²) < 4.78 is 0. The van der Waals surface area contributed by atoms with Crippen LogP contribution in [0.4, 0.5) is 10.8 Å². The Labute approximate surface area is 178 Å². The number of hydrogen-bond donors (Lipinski definition) is 1. The van der Waals surface area contributed by atoms with Gasteiger partial charge in [-0.15, -0.1) is 11.3 Å². The summed E-state index contributed by atoms with van der Waals surface area (Å²) in [6.07, 6.45) is 1.02. The zero-order valence-electron chi connectivity index (χ0n) is 15.9. The number of halogens is 1. The van der Waals surface area contributed by atoms with E-state index in [-0.39, 0.29) is 18.2 Å². The third kappa shape index (κ3) is 4.18. The van der Waals surface area contributed by atoms with E-state index in [0.717, 1.165) is 28.2 Å². The Morgan fingerprint density at radius 1 is 1.21 bits per heavy atom. The molecule has 3 aromatic rings. The number of nitrogens with zero attached hydrogens (tertiary/aromatic N) is 2. The van der Waals surface area contributed by atoms with Gasteiger partial charge in [0.1, 0.15) is 0 Å². The van der Waals surface area contributed by atoms with Crippen molar-refractivity contribution >= 4 is 45.6 Å². The highest BCUT2D eigenvalue weighted by Crippen LogP contribution is 2.32. The molecule has 0 aliphatic carbocycles. The number of anilines is 2. The molecule has 1 atom stereocenters. The maximum Gasteiger partial charge on any atom is 0.231 e. The molecular weight excluding hydrogens is 406 g/mol. The van der Waals surface area contributed by atoms with Crippen molar-refractivity contribution in [2.45, 2.75) is 19.8 Å². The molecule has 1 N–H and O–H groups in total. The summed E-state index contributed by atoms with van der Waals surface area (Å²) in [5.41, 5.74) is 2.69. The zero-order chi connectivity index (χ0) is 20.4. The molecule has 1 aliphatic rings. The molecule has 1 fully saturated rings. The van der Waals surface area contributed by atoms with E-state index in [1.165, 1.54) is 11.3 Å². The second-order valence-corrected chi connectivity index (χ2v) is 8.40. The third-order valence-electron chi connectivity index (χ3n) is 4.93. The fourth-order valence-corrected chi connectivity index (χ4v) is 4.48. The van der Waals surface area contributed by atoms with Crippen LogP contribution >= 0.6 is 22.9 Å². The topological polar surface area (TPSA) is 62.3 Å². The zero-order valence-corrected chi connectivity index (χ0v) is 17.5. The first-order valence-electron chi connectivity index (χ1n) is 9.47. The van der Waals surface area contributed by atoms with Gasteiger partial charge < -0.3 is 10.2 Å². The lowest BCUT2D eigenvalue weighted by Crippen LogP contribution is -2.28. The van der Waals surface area contributed by atoms with Gasteiger partial charge in [-0.1, -0.05) is 48.9 Å². The molecule has 148 valence electrons. The van der Waals surface area contributed by atoms with Gasteiger partial charge in [0.25, 0.3) is 0 Å². The smallest absolute Gasteiger partial charge is 0.231 e. The Bertz CT molecular complexity index is 1030. The van der Waals surface area contributed by atoms with E-state index in [1.54, 1.807) is 29.2 Å². The molecule has 2 amide bonds. The van der Waals surface area contributed by atoms with Crippen LogP contribution in [0.5, 0.6) is 0 Å². The Hall–Kier alpha value is -2.70. The standard InChI is InChI=1S/C22H20ClN3O2S/c1-2-18-20(14-6-4-3-5-7-14)24-22(29-18)25-21(28)15-12-19(27)26(13-15)17-10-8-16(23)9-11-17/h3-11,15H,2,12-13H2,1H3,(H,24,25,28). The van der Waals surface area contributed by atoms with Gasteiger partial charge in [-0.25, -0.2) is 4.98 Å². The molecule has 0 bridgehead atoms. The van der Waals surface area contributed by atoms with Gasteiger partial charge in [-0.05, 0) is 30.7 Å². The second-order valence-electron chi connectivity index (χ2n) is 6.88. The Balaban J connectivity index is 1.48. The lowest BCUT2D eigenvalue weighted by Gasteiger charge is -2.16. The van der Waals surface area contributed by atoms with Gasteiger partial charge in [-0.2, -0.15) is 0 Å². The number of rotatable bonds is 5. The van der Waals surface area contributed by atoms with E-state index >= 15 is 0 Å². The van der Waals surface area contributed by atoms with E-state index < -0.39 is 5.92 Å². The second kappa shape index (κ2) is 8.35. The fraction of sp³-hybridized carbons (Fsp3) is 0.227. The van der Waals surface area contributed by atoms with Crippen LogP contribution in [-0.2, 0) is 16.0 Å². The average molecular weight is 426 g/mol. The molecule has 0 saturated carbocycles. The number of aromatic nitrogens is 1. The first kappa shape index (κ1) is 19.6. The molecule has 1 unspecified atom stereocenters. The van der Waals surface area contributed by atoms with Crippen molar-refractivity contribution in [3.05, 3.63) is 64.5 Å². The van der Waals surface area contributed by atoms with Crippen molar-refractivity contribution in [1.82, 2.24) is 4.98 Å². The van der Waals surface area contributed by atoms with Crippen LogP contribution in [0.15, 0.2) is 54.6 Å². The summed E-state index contributed by atoms with van der Waals surface area (Å²) >= 11 is 7.41.